The Hall–Kier alpha value is -1.36. The van der Waals surface area contributed by atoms with Crippen molar-refractivity contribution in [2.45, 2.75) is 25.2 Å². The third-order valence-electron chi connectivity index (χ3n) is 3.69. The molecule has 94 valence electrons. The quantitative estimate of drug-likeness (QED) is 0.417. The average molecular weight is 244 g/mol. The van der Waals surface area contributed by atoms with E-state index in [-0.39, 0.29) is 31.3 Å². The summed E-state index contributed by atoms with van der Waals surface area (Å²) < 4.78 is 27.3. The minimum atomic E-state index is -2.66. The van der Waals surface area contributed by atoms with Gasteiger partial charge in [-0.2, -0.15) is 0 Å². The Kier molecular flexibility index (Phi) is 3.19. The lowest BCUT2D eigenvalue weighted by Crippen LogP contribution is -2.38. The Bertz CT molecular complexity index is 367. The molecule has 0 unspecified atom stereocenters. The number of amides is 1. The van der Waals surface area contributed by atoms with Crippen LogP contribution in [0.15, 0.2) is 5.11 Å². The van der Waals surface area contributed by atoms with Crippen molar-refractivity contribution in [1.82, 2.24) is 4.90 Å². The monoisotopic (exact) mass is 244 g/mol. The summed E-state index contributed by atoms with van der Waals surface area (Å²) in [6.07, 6.45) is 1.20. The number of carbonyl (C=O) groups is 1. The molecular formula is C10H14F2N4O. The molecule has 1 aliphatic carbocycles. The van der Waals surface area contributed by atoms with E-state index in [1.807, 2.05) is 0 Å². The van der Waals surface area contributed by atoms with Gasteiger partial charge in [-0.05, 0) is 24.3 Å². The molecule has 1 saturated carbocycles. The third kappa shape index (κ3) is 2.34. The summed E-state index contributed by atoms with van der Waals surface area (Å²) in [5.41, 5.74) is 8.11. The highest BCUT2D eigenvalue weighted by Gasteiger charge is 2.51. The number of alkyl halides is 2. The zero-order valence-corrected chi connectivity index (χ0v) is 9.35. The standard InChI is InChI=1S/C10H14F2N4O/c11-10(12)3-1-2-7-5-16(6-8(7)10)9(17)4-14-15-13/h7-8H,1-6H2/t7-,8+/m1/s1. The van der Waals surface area contributed by atoms with Crippen molar-refractivity contribution in [3.8, 4) is 0 Å². The van der Waals surface area contributed by atoms with Crippen LogP contribution in [-0.2, 0) is 4.79 Å². The van der Waals surface area contributed by atoms with Crippen LogP contribution in [0, 0.1) is 11.8 Å². The maximum atomic E-state index is 13.6. The third-order valence-corrected chi connectivity index (χ3v) is 3.69. The molecule has 2 fully saturated rings. The van der Waals surface area contributed by atoms with Crippen molar-refractivity contribution in [3.05, 3.63) is 10.4 Å². The van der Waals surface area contributed by atoms with Gasteiger partial charge in [0.15, 0.2) is 0 Å². The van der Waals surface area contributed by atoms with Gasteiger partial charge in [0.05, 0.1) is 0 Å². The Morgan fingerprint density at radius 2 is 2.29 bits per heavy atom. The number of fused-ring (bicyclic) bond motifs is 1. The highest BCUT2D eigenvalue weighted by Crippen LogP contribution is 2.45. The van der Waals surface area contributed by atoms with Crippen LogP contribution in [-0.4, -0.2) is 36.4 Å². The molecule has 0 N–H and O–H groups in total. The molecule has 0 spiro atoms. The molecule has 17 heavy (non-hydrogen) atoms. The summed E-state index contributed by atoms with van der Waals surface area (Å²) in [7, 11) is 0. The Labute approximate surface area is 97.4 Å². The molecule has 0 radical (unpaired) electrons. The topological polar surface area (TPSA) is 69.1 Å². The second-order valence-corrected chi connectivity index (χ2v) is 4.71. The maximum Gasteiger partial charge on any atom is 0.252 e. The largest absolute Gasteiger partial charge is 0.342 e. The second kappa shape index (κ2) is 4.49. The predicted octanol–water partition coefficient (Wildman–Crippen LogP) is 2.19. The summed E-state index contributed by atoms with van der Waals surface area (Å²) >= 11 is 0. The van der Waals surface area contributed by atoms with E-state index < -0.39 is 11.8 Å². The smallest absolute Gasteiger partial charge is 0.252 e. The number of hydrogen-bond acceptors (Lipinski definition) is 2. The first kappa shape index (κ1) is 12.1. The van der Waals surface area contributed by atoms with Crippen LogP contribution in [0.3, 0.4) is 0 Å². The van der Waals surface area contributed by atoms with Gasteiger partial charge in [0, 0.05) is 30.3 Å². The van der Waals surface area contributed by atoms with Crippen LogP contribution < -0.4 is 0 Å². The predicted molar refractivity (Wildman–Crippen MR) is 56.4 cm³/mol. The van der Waals surface area contributed by atoms with Crippen LogP contribution in [0.25, 0.3) is 10.4 Å². The number of carbonyl (C=O) groups excluding carboxylic acids is 1. The fraction of sp³-hybridized carbons (Fsp3) is 0.900. The minimum Gasteiger partial charge on any atom is -0.342 e. The van der Waals surface area contributed by atoms with Gasteiger partial charge < -0.3 is 4.90 Å². The van der Waals surface area contributed by atoms with Crippen molar-refractivity contribution in [2.24, 2.45) is 17.0 Å². The molecule has 2 atom stereocenters. The maximum absolute atomic E-state index is 13.6. The van der Waals surface area contributed by atoms with Crippen molar-refractivity contribution in [1.29, 1.82) is 0 Å². The molecule has 0 aromatic carbocycles. The van der Waals surface area contributed by atoms with Gasteiger partial charge in [-0.15, -0.1) is 0 Å². The van der Waals surface area contributed by atoms with Gasteiger partial charge in [0.2, 0.25) is 5.91 Å². The van der Waals surface area contributed by atoms with Crippen LogP contribution in [0.1, 0.15) is 19.3 Å². The Morgan fingerprint density at radius 3 is 2.94 bits per heavy atom. The van der Waals surface area contributed by atoms with Gasteiger partial charge in [-0.25, -0.2) is 8.78 Å². The summed E-state index contributed by atoms with van der Waals surface area (Å²) in [6.45, 7) is 0.193. The van der Waals surface area contributed by atoms with Crippen molar-refractivity contribution in [2.75, 3.05) is 19.6 Å². The Balaban J connectivity index is 2.02. The van der Waals surface area contributed by atoms with Gasteiger partial charge in [-0.3, -0.25) is 4.79 Å². The molecule has 2 aliphatic rings. The van der Waals surface area contributed by atoms with Crippen LogP contribution >= 0.6 is 0 Å². The molecule has 2 rings (SSSR count). The van der Waals surface area contributed by atoms with E-state index in [0.717, 1.165) is 6.42 Å². The number of nitrogens with zero attached hydrogens (tertiary/aromatic N) is 4. The summed E-state index contributed by atoms with van der Waals surface area (Å²) in [4.78, 5) is 15.5. The molecule has 1 amide bonds. The molecule has 7 heteroatoms. The number of hydrogen-bond donors (Lipinski definition) is 0. The first-order chi connectivity index (χ1) is 8.04. The fourth-order valence-corrected chi connectivity index (χ4v) is 2.82. The van der Waals surface area contributed by atoms with E-state index in [0.29, 0.717) is 13.0 Å². The van der Waals surface area contributed by atoms with E-state index in [9.17, 15) is 13.6 Å². The van der Waals surface area contributed by atoms with E-state index in [1.54, 1.807) is 0 Å². The van der Waals surface area contributed by atoms with Gasteiger partial charge in [-0.1, -0.05) is 5.11 Å². The van der Waals surface area contributed by atoms with Gasteiger partial charge in [0.1, 0.15) is 6.54 Å². The molecular weight excluding hydrogens is 230 g/mol. The van der Waals surface area contributed by atoms with Crippen LogP contribution in [0.4, 0.5) is 8.78 Å². The molecule has 1 aliphatic heterocycles. The van der Waals surface area contributed by atoms with Gasteiger partial charge >= 0.3 is 0 Å². The molecule has 0 aromatic heterocycles. The molecule has 5 nitrogen and oxygen atoms in total. The van der Waals surface area contributed by atoms with E-state index in [2.05, 4.69) is 10.0 Å². The summed E-state index contributed by atoms with van der Waals surface area (Å²) in [5.74, 6) is -3.83. The number of rotatable bonds is 2. The first-order valence-corrected chi connectivity index (χ1v) is 5.71. The average Bonchev–Trinajstić information content (AvgIpc) is 2.71. The minimum absolute atomic E-state index is 0.0768. The first-order valence-electron chi connectivity index (χ1n) is 5.71. The summed E-state index contributed by atoms with van der Waals surface area (Å²) in [6, 6.07) is 0. The number of halogens is 2. The van der Waals surface area contributed by atoms with Crippen molar-refractivity contribution in [3.63, 3.8) is 0 Å². The normalized spacial score (nSPS) is 30.6. The lowest BCUT2D eigenvalue weighted by molar-refractivity contribution is -0.129. The SMILES string of the molecule is [N-]=[N+]=NCC(=O)N1C[C@H]2CCCC(F)(F)[C@H]2C1. The molecule has 1 saturated heterocycles. The summed E-state index contributed by atoms with van der Waals surface area (Å²) in [5, 5.41) is 3.17. The number of likely N-dealkylation sites (tertiary alicyclic amines) is 1. The lowest BCUT2D eigenvalue weighted by atomic mass is 9.79. The van der Waals surface area contributed by atoms with E-state index in [4.69, 9.17) is 5.53 Å². The van der Waals surface area contributed by atoms with E-state index in [1.165, 1.54) is 4.90 Å². The van der Waals surface area contributed by atoms with Crippen LogP contribution in [0.2, 0.25) is 0 Å². The highest BCUT2D eigenvalue weighted by atomic mass is 19.3. The zero-order valence-electron chi connectivity index (χ0n) is 9.35. The fourth-order valence-electron chi connectivity index (χ4n) is 2.82. The second-order valence-electron chi connectivity index (χ2n) is 4.71. The Morgan fingerprint density at radius 1 is 1.53 bits per heavy atom. The molecule has 0 aromatic rings. The van der Waals surface area contributed by atoms with E-state index >= 15 is 0 Å². The molecule has 0 bridgehead atoms. The lowest BCUT2D eigenvalue weighted by Gasteiger charge is -2.32. The van der Waals surface area contributed by atoms with Gasteiger partial charge in [0.25, 0.3) is 5.92 Å². The van der Waals surface area contributed by atoms with Crippen LogP contribution in [0.5, 0.6) is 0 Å². The number of azide groups is 1. The zero-order chi connectivity index (χ0) is 12.5. The van der Waals surface area contributed by atoms with Crippen molar-refractivity contribution < 1.29 is 13.6 Å². The molecule has 1 heterocycles. The highest BCUT2D eigenvalue weighted by molar-refractivity contribution is 5.78. The van der Waals surface area contributed by atoms with Crippen molar-refractivity contribution >= 4 is 5.91 Å².